The zero-order valence-electron chi connectivity index (χ0n) is 17.9. The maximum atomic E-state index is 13.0. The molecule has 2 aromatic carbocycles. The predicted octanol–water partition coefficient (Wildman–Crippen LogP) is 6.23. The van der Waals surface area contributed by atoms with Gasteiger partial charge in [-0.2, -0.15) is 4.98 Å². The average Bonchev–Trinajstić information content (AvgIpc) is 3.45. The zero-order valence-corrected chi connectivity index (χ0v) is 21.9. The molecule has 172 valence electrons. The van der Waals surface area contributed by atoms with Gasteiger partial charge in [-0.25, -0.2) is 4.98 Å². The third-order valence-corrected chi connectivity index (χ3v) is 8.36. The molecule has 0 saturated carbocycles. The van der Waals surface area contributed by atoms with Crippen LogP contribution in [0, 0.1) is 3.95 Å². The number of thiazole rings is 1. The molecule has 0 saturated heterocycles. The summed E-state index contributed by atoms with van der Waals surface area (Å²) in [6.45, 7) is 0. The van der Waals surface area contributed by atoms with Gasteiger partial charge in [-0.05, 0) is 67.0 Å². The van der Waals surface area contributed by atoms with Crippen LogP contribution in [0.5, 0.6) is 0 Å². The van der Waals surface area contributed by atoms with Gasteiger partial charge in [0.25, 0.3) is 5.56 Å². The highest BCUT2D eigenvalue weighted by Crippen LogP contribution is 2.28. The molecule has 0 spiro atoms. The first kappa shape index (κ1) is 23.3. The third-order valence-electron chi connectivity index (χ3n) is 5.00. The van der Waals surface area contributed by atoms with Gasteiger partial charge < -0.3 is 4.52 Å². The van der Waals surface area contributed by atoms with Crippen molar-refractivity contribution in [2.24, 2.45) is 7.05 Å². The van der Waals surface area contributed by atoms with Gasteiger partial charge in [0.05, 0.1) is 5.75 Å². The van der Waals surface area contributed by atoms with Gasteiger partial charge in [0, 0.05) is 28.2 Å². The van der Waals surface area contributed by atoms with Gasteiger partial charge in [-0.15, -0.1) is 11.8 Å². The second kappa shape index (κ2) is 9.67. The van der Waals surface area contributed by atoms with E-state index in [1.165, 1.54) is 27.7 Å². The minimum absolute atomic E-state index is 0.156. The summed E-state index contributed by atoms with van der Waals surface area (Å²) in [6, 6.07) is 15.2. The fourth-order valence-corrected chi connectivity index (χ4v) is 5.94. The lowest BCUT2D eigenvalue weighted by atomic mass is 10.2. The van der Waals surface area contributed by atoms with E-state index in [0.29, 0.717) is 41.9 Å². The Morgan fingerprint density at radius 2 is 1.85 bits per heavy atom. The Morgan fingerprint density at radius 3 is 2.56 bits per heavy atom. The summed E-state index contributed by atoms with van der Waals surface area (Å²) in [6.07, 6.45) is 2.03. The fourth-order valence-electron chi connectivity index (χ4n) is 3.26. The van der Waals surface area contributed by atoms with Crippen LogP contribution in [-0.2, 0) is 12.8 Å². The molecule has 0 N–H and O–H groups in total. The van der Waals surface area contributed by atoms with E-state index in [1.54, 1.807) is 35.5 Å². The SMILES string of the molecule is CSc1ccc(-c2noc(CSc3nc4c(sc(=S)n4-c4ccc(Cl)cc4)c(=O)n3C)n2)cc1. The van der Waals surface area contributed by atoms with E-state index >= 15 is 0 Å². The molecule has 12 heteroatoms. The van der Waals surface area contributed by atoms with Crippen LogP contribution in [0.15, 0.2) is 67.9 Å². The maximum Gasteiger partial charge on any atom is 0.273 e. The molecular weight excluding hydrogens is 530 g/mol. The van der Waals surface area contributed by atoms with E-state index in [-0.39, 0.29) is 5.56 Å². The van der Waals surface area contributed by atoms with Crippen LogP contribution < -0.4 is 5.56 Å². The van der Waals surface area contributed by atoms with Crippen molar-refractivity contribution in [3.05, 3.63) is 73.8 Å². The number of fused-ring (bicyclic) bond motifs is 1. The monoisotopic (exact) mass is 545 g/mol. The molecule has 0 aliphatic heterocycles. The van der Waals surface area contributed by atoms with E-state index in [0.717, 1.165) is 16.1 Å². The molecule has 7 nitrogen and oxygen atoms in total. The van der Waals surface area contributed by atoms with E-state index in [2.05, 4.69) is 10.1 Å². The highest BCUT2D eigenvalue weighted by Gasteiger charge is 2.17. The molecule has 0 aliphatic rings. The summed E-state index contributed by atoms with van der Waals surface area (Å²) in [5.74, 6) is 1.34. The van der Waals surface area contributed by atoms with Crippen molar-refractivity contribution in [1.29, 1.82) is 0 Å². The normalized spacial score (nSPS) is 11.4. The molecule has 0 fully saturated rings. The van der Waals surface area contributed by atoms with Crippen LogP contribution in [0.4, 0.5) is 0 Å². The lowest BCUT2D eigenvalue weighted by Gasteiger charge is -2.08. The Hall–Kier alpha value is -2.44. The number of thioether (sulfide) groups is 2. The Balaban J connectivity index is 1.45. The fraction of sp³-hybridized carbons (Fsp3) is 0.136. The first-order valence-corrected chi connectivity index (χ1v) is 13.7. The molecule has 0 radical (unpaired) electrons. The van der Waals surface area contributed by atoms with Crippen molar-refractivity contribution in [1.82, 2.24) is 24.3 Å². The molecule has 0 atom stereocenters. The van der Waals surface area contributed by atoms with Crippen molar-refractivity contribution in [3.63, 3.8) is 0 Å². The van der Waals surface area contributed by atoms with Gasteiger partial charge in [-0.1, -0.05) is 39.9 Å². The van der Waals surface area contributed by atoms with Gasteiger partial charge in [0.15, 0.2) is 14.8 Å². The summed E-state index contributed by atoms with van der Waals surface area (Å²) >= 11 is 15.8. The van der Waals surface area contributed by atoms with Crippen LogP contribution in [0.1, 0.15) is 5.89 Å². The summed E-state index contributed by atoms with van der Waals surface area (Å²) < 4.78 is 9.78. The lowest BCUT2D eigenvalue weighted by molar-refractivity contribution is 0.391. The average molecular weight is 546 g/mol. The quantitative estimate of drug-likeness (QED) is 0.141. The second-order valence-corrected chi connectivity index (χ2v) is 11.0. The largest absolute Gasteiger partial charge is 0.338 e. The van der Waals surface area contributed by atoms with Gasteiger partial charge in [0.2, 0.25) is 11.7 Å². The number of nitrogens with zero attached hydrogens (tertiary/aromatic N) is 5. The van der Waals surface area contributed by atoms with Crippen LogP contribution in [0.25, 0.3) is 27.4 Å². The molecule has 5 rings (SSSR count). The number of benzene rings is 2. The molecule has 5 aromatic rings. The van der Waals surface area contributed by atoms with Crippen molar-refractivity contribution < 1.29 is 4.52 Å². The molecule has 0 bridgehead atoms. The number of hydrogen-bond donors (Lipinski definition) is 0. The van der Waals surface area contributed by atoms with Crippen molar-refractivity contribution in [2.45, 2.75) is 15.8 Å². The molecule has 0 amide bonds. The van der Waals surface area contributed by atoms with Crippen LogP contribution in [-0.4, -0.2) is 30.5 Å². The highest BCUT2D eigenvalue weighted by atomic mass is 35.5. The predicted molar refractivity (Wildman–Crippen MR) is 141 cm³/mol. The molecule has 0 unspecified atom stereocenters. The first-order valence-electron chi connectivity index (χ1n) is 9.93. The van der Waals surface area contributed by atoms with E-state index in [9.17, 15) is 4.79 Å². The van der Waals surface area contributed by atoms with Gasteiger partial charge in [-0.3, -0.25) is 13.9 Å². The summed E-state index contributed by atoms with van der Waals surface area (Å²) in [7, 11) is 1.69. The maximum absolute atomic E-state index is 13.0. The standard InChI is InChI=1S/C22H16ClN5O2S4/c1-27-20(29)17-19(28(22(31)34-17)14-7-5-13(23)6-8-14)25-21(27)33-11-16-24-18(26-30-16)12-3-9-15(32-2)10-4-12/h3-10H,11H2,1-2H3. The Bertz CT molecular complexity index is 1600. The number of rotatable bonds is 6. The molecular formula is C22H16ClN5O2S4. The zero-order chi connectivity index (χ0) is 23.8. The van der Waals surface area contributed by atoms with Gasteiger partial charge in [0.1, 0.15) is 4.70 Å². The number of halogens is 1. The second-order valence-electron chi connectivity index (χ2n) is 7.12. The molecule has 3 aromatic heterocycles. The highest BCUT2D eigenvalue weighted by molar-refractivity contribution is 7.98. The van der Waals surface area contributed by atoms with E-state index in [1.807, 2.05) is 42.7 Å². The first-order chi connectivity index (χ1) is 16.4. The topological polar surface area (TPSA) is 78.7 Å². The van der Waals surface area contributed by atoms with Crippen molar-refractivity contribution in [2.75, 3.05) is 6.26 Å². The summed E-state index contributed by atoms with van der Waals surface area (Å²) in [5.41, 5.74) is 2.04. The van der Waals surface area contributed by atoms with Gasteiger partial charge >= 0.3 is 0 Å². The van der Waals surface area contributed by atoms with Crippen LogP contribution >= 0.6 is 58.7 Å². The summed E-state index contributed by atoms with van der Waals surface area (Å²) in [4.78, 5) is 23.5. The Labute approximate surface area is 216 Å². The Morgan fingerprint density at radius 1 is 1.12 bits per heavy atom. The van der Waals surface area contributed by atoms with Crippen molar-refractivity contribution in [3.8, 4) is 17.1 Å². The van der Waals surface area contributed by atoms with Crippen molar-refractivity contribution >= 4 is 69.0 Å². The minimum atomic E-state index is -0.156. The lowest BCUT2D eigenvalue weighted by Crippen LogP contribution is -2.19. The molecule has 3 heterocycles. The molecule has 0 aliphatic carbocycles. The third kappa shape index (κ3) is 4.46. The van der Waals surface area contributed by atoms with Crippen LogP contribution in [0.2, 0.25) is 5.02 Å². The van der Waals surface area contributed by atoms with Crippen LogP contribution in [0.3, 0.4) is 0 Å². The minimum Gasteiger partial charge on any atom is -0.338 e. The van der Waals surface area contributed by atoms with E-state index in [4.69, 9.17) is 33.3 Å². The number of aromatic nitrogens is 5. The Kier molecular flexibility index (Phi) is 6.63. The molecule has 34 heavy (non-hydrogen) atoms. The van der Waals surface area contributed by atoms with E-state index < -0.39 is 0 Å². The summed E-state index contributed by atoms with van der Waals surface area (Å²) in [5, 5.41) is 5.23. The number of hydrogen-bond acceptors (Lipinski definition) is 9. The smallest absolute Gasteiger partial charge is 0.273 e.